The van der Waals surface area contributed by atoms with Gasteiger partial charge in [-0.3, -0.25) is 4.90 Å². The molecule has 0 amide bonds. The molecule has 31 heavy (non-hydrogen) atoms. The quantitative estimate of drug-likeness (QED) is 0.442. The molecule has 0 aliphatic carbocycles. The van der Waals surface area contributed by atoms with Gasteiger partial charge in [0.15, 0.2) is 0 Å². The van der Waals surface area contributed by atoms with Crippen LogP contribution in [0.3, 0.4) is 0 Å². The number of benzene rings is 2. The van der Waals surface area contributed by atoms with Crippen molar-refractivity contribution in [1.29, 1.82) is 0 Å². The van der Waals surface area contributed by atoms with Gasteiger partial charge in [-0.05, 0) is 49.5 Å². The molecule has 0 bridgehead atoms. The normalized spacial score (nSPS) is 15.5. The summed E-state index contributed by atoms with van der Waals surface area (Å²) in [6.07, 6.45) is 3.46. The fourth-order valence-corrected chi connectivity index (χ4v) is 3.91. The summed E-state index contributed by atoms with van der Waals surface area (Å²) in [6.45, 7) is 21.1. The van der Waals surface area contributed by atoms with Crippen molar-refractivity contribution in [3.63, 3.8) is 0 Å². The second-order valence-corrected chi connectivity index (χ2v) is 6.75. The van der Waals surface area contributed by atoms with Crippen LogP contribution in [-0.4, -0.2) is 30.6 Å². The predicted molar refractivity (Wildman–Crippen MR) is 113 cm³/mol. The molecular weight excluding hydrogens is 430 g/mol. The van der Waals surface area contributed by atoms with Crippen molar-refractivity contribution in [2.24, 2.45) is 0 Å². The van der Waals surface area contributed by atoms with E-state index in [0.29, 0.717) is 12.0 Å². The average molecular weight is 460 g/mol. The predicted octanol–water partition coefficient (Wildman–Crippen LogP) is 4.78. The molecule has 0 saturated carbocycles. The molecule has 0 spiro atoms. The van der Waals surface area contributed by atoms with Gasteiger partial charge >= 0.3 is 33.9 Å². The van der Waals surface area contributed by atoms with Crippen molar-refractivity contribution in [1.82, 2.24) is 4.90 Å². The molecular formula is C25H29CrNO4. The molecule has 0 unspecified atom stereocenters. The average Bonchev–Trinajstić information content (AvgIpc) is 2.84. The number of hydrogen-bond acceptors (Lipinski definition) is 2. The van der Waals surface area contributed by atoms with Gasteiger partial charge in [0.2, 0.25) is 0 Å². The Balaban J connectivity index is 0. The molecule has 1 aliphatic heterocycles. The van der Waals surface area contributed by atoms with Crippen LogP contribution in [0.2, 0.25) is 0 Å². The fraction of sp³-hybridized carbons (Fsp3) is 0.400. The molecule has 2 atom stereocenters. The molecule has 1 heterocycles. The van der Waals surface area contributed by atoms with Crippen LogP contribution in [0.15, 0.2) is 54.6 Å². The van der Waals surface area contributed by atoms with E-state index in [1.165, 1.54) is 24.0 Å². The van der Waals surface area contributed by atoms with Gasteiger partial charge in [0.25, 0.3) is 0 Å². The van der Waals surface area contributed by atoms with Crippen LogP contribution in [0.1, 0.15) is 43.7 Å². The molecule has 3 rings (SSSR count). The molecule has 2 aromatic rings. The molecule has 0 N–H and O–H groups in total. The molecule has 0 saturated heterocycles. The second-order valence-electron chi connectivity index (χ2n) is 6.75. The number of hydrogen-bond donors (Lipinski definition) is 0. The summed E-state index contributed by atoms with van der Waals surface area (Å²) < 4.78 is 28.6. The van der Waals surface area contributed by atoms with Gasteiger partial charge < -0.3 is 4.74 Å². The van der Waals surface area contributed by atoms with Crippen LogP contribution in [-0.2, 0) is 37.7 Å². The standard InChI is InChI=1S/C22H29NO.3CO.Cr/c1-3-14-23(15-4-2)21-17-24-22-13-9-8-12-19(22)20(21)16-18-10-6-5-7-11-18;3*1-2;/h5-13,20-21H,3-4,14-17H2,1-2H3;;;;/t20-,21-;;;;/m0..../s1. The van der Waals surface area contributed by atoms with Gasteiger partial charge in [0.05, 0.1) is 6.04 Å². The first-order chi connectivity index (χ1) is 14.8. The molecule has 0 fully saturated rings. The van der Waals surface area contributed by atoms with E-state index in [0.717, 1.165) is 31.9 Å². The van der Waals surface area contributed by atoms with E-state index in [4.69, 9.17) is 18.7 Å². The zero-order chi connectivity index (χ0) is 22.8. The minimum absolute atomic E-state index is 0. The van der Waals surface area contributed by atoms with Crippen LogP contribution in [0.25, 0.3) is 0 Å². The van der Waals surface area contributed by atoms with Crippen LogP contribution in [0.4, 0.5) is 0 Å². The first-order valence-electron chi connectivity index (χ1n) is 9.94. The Morgan fingerprint density at radius 3 is 1.90 bits per heavy atom. The summed E-state index contributed by atoms with van der Waals surface area (Å²) in [5.41, 5.74) is 2.78. The van der Waals surface area contributed by atoms with Crippen molar-refractivity contribution in [2.75, 3.05) is 19.7 Å². The summed E-state index contributed by atoms with van der Waals surface area (Å²) in [5.74, 6) is 1.57. The smallest absolute Gasteiger partial charge is 0 e. The van der Waals surface area contributed by atoms with Crippen LogP contribution < -0.4 is 4.74 Å². The van der Waals surface area contributed by atoms with E-state index >= 15 is 0 Å². The van der Waals surface area contributed by atoms with Gasteiger partial charge in [0.1, 0.15) is 12.4 Å². The Labute approximate surface area is 197 Å². The van der Waals surface area contributed by atoms with E-state index in [1.807, 2.05) is 0 Å². The number of rotatable bonds is 7. The van der Waals surface area contributed by atoms with Crippen LogP contribution in [0, 0.1) is 20.0 Å². The summed E-state index contributed by atoms with van der Waals surface area (Å²) in [6, 6.07) is 19.9. The van der Waals surface area contributed by atoms with Crippen molar-refractivity contribution < 1.29 is 36.1 Å². The van der Waals surface area contributed by atoms with Gasteiger partial charge in [-0.1, -0.05) is 62.4 Å². The Hall–Kier alpha value is -2.05. The van der Waals surface area contributed by atoms with E-state index < -0.39 is 0 Å². The van der Waals surface area contributed by atoms with Gasteiger partial charge in [-0.15, -0.1) is 0 Å². The van der Waals surface area contributed by atoms with Gasteiger partial charge in [-0.25, -0.2) is 0 Å². The number of ether oxygens (including phenoxy) is 1. The van der Waals surface area contributed by atoms with Crippen LogP contribution in [0.5, 0.6) is 5.75 Å². The van der Waals surface area contributed by atoms with Crippen molar-refractivity contribution >= 4 is 0 Å². The zero-order valence-electron chi connectivity index (χ0n) is 18.1. The molecule has 0 aromatic heterocycles. The third-order valence-electron chi connectivity index (χ3n) is 4.98. The maximum Gasteiger partial charge on any atom is 0 e. The molecule has 5 nitrogen and oxygen atoms in total. The summed E-state index contributed by atoms with van der Waals surface area (Å²) >= 11 is 0. The molecule has 0 radical (unpaired) electrons. The summed E-state index contributed by atoms with van der Waals surface area (Å²) in [4.78, 5) is 2.64. The maximum atomic E-state index is 7.50. The van der Waals surface area contributed by atoms with E-state index in [-0.39, 0.29) is 17.4 Å². The largest absolute Gasteiger partial charge is 0 e. The second kappa shape index (κ2) is 19.9. The molecule has 164 valence electrons. The van der Waals surface area contributed by atoms with E-state index in [2.05, 4.69) is 93.3 Å². The molecule has 2 aromatic carbocycles. The van der Waals surface area contributed by atoms with E-state index in [1.54, 1.807) is 0 Å². The third-order valence-corrected chi connectivity index (χ3v) is 4.98. The van der Waals surface area contributed by atoms with Crippen molar-refractivity contribution in [2.45, 2.75) is 45.1 Å². The summed E-state index contributed by atoms with van der Waals surface area (Å²) in [7, 11) is 0. The minimum Gasteiger partial charge on any atom is 0 e. The SMILES string of the molecule is CCCN(CCC)[C@H]1COc2ccccc2[C@@H]1Cc1ccccc1.[C-]#[O+].[C-]#[O+].[C-]#[O+].[Cr]. The monoisotopic (exact) mass is 459 g/mol. The minimum atomic E-state index is 0. The number of fused-ring (bicyclic) bond motifs is 1. The topological polar surface area (TPSA) is 72.2 Å². The fourth-order valence-electron chi connectivity index (χ4n) is 3.91. The molecule has 6 heteroatoms. The van der Waals surface area contributed by atoms with Crippen molar-refractivity contribution in [3.8, 4) is 5.75 Å². The molecule has 1 aliphatic rings. The zero-order valence-corrected chi connectivity index (χ0v) is 19.4. The van der Waals surface area contributed by atoms with Gasteiger partial charge in [0, 0.05) is 23.3 Å². The summed E-state index contributed by atoms with van der Waals surface area (Å²) in [5, 5.41) is 0. The Morgan fingerprint density at radius 2 is 1.35 bits per heavy atom. The van der Waals surface area contributed by atoms with Gasteiger partial charge in [-0.2, -0.15) is 0 Å². The first-order valence-corrected chi connectivity index (χ1v) is 9.94. The van der Waals surface area contributed by atoms with E-state index in [9.17, 15) is 0 Å². The number of nitrogens with zero attached hydrogens (tertiary/aromatic N) is 1. The Morgan fingerprint density at radius 1 is 0.839 bits per heavy atom. The Kier molecular flexibility index (Phi) is 20.0. The maximum absolute atomic E-state index is 7.50. The number of para-hydroxylation sites is 1. The van der Waals surface area contributed by atoms with Crippen LogP contribution >= 0.6 is 0 Å². The third kappa shape index (κ3) is 9.75. The first kappa shape index (κ1) is 31.1. The van der Waals surface area contributed by atoms with Crippen molar-refractivity contribution in [3.05, 3.63) is 85.7 Å². The Bertz CT molecular complexity index is 741.